The van der Waals surface area contributed by atoms with Crippen LogP contribution < -0.4 is 10.6 Å². The Bertz CT molecular complexity index is 1350. The second-order valence-corrected chi connectivity index (χ2v) is 8.26. The summed E-state index contributed by atoms with van der Waals surface area (Å²) in [5, 5.41) is 8.81. The van der Waals surface area contributed by atoms with Gasteiger partial charge < -0.3 is 10.6 Å². The van der Waals surface area contributed by atoms with Crippen molar-refractivity contribution in [2.24, 2.45) is 0 Å². The van der Waals surface area contributed by atoms with Gasteiger partial charge in [-0.25, -0.2) is 9.97 Å². The first kappa shape index (κ1) is 21.1. The van der Waals surface area contributed by atoms with Gasteiger partial charge >= 0.3 is 6.18 Å². The van der Waals surface area contributed by atoms with Crippen molar-refractivity contribution in [2.75, 3.05) is 17.2 Å². The van der Waals surface area contributed by atoms with E-state index in [0.717, 1.165) is 28.6 Å². The number of para-hydroxylation sites is 1. The lowest BCUT2D eigenvalue weighted by Crippen LogP contribution is -2.17. The Labute approximate surface area is 191 Å². The van der Waals surface area contributed by atoms with Crippen LogP contribution in [0.25, 0.3) is 27.9 Å². The van der Waals surface area contributed by atoms with Crippen molar-refractivity contribution >= 4 is 28.7 Å². The molecule has 2 N–H and O–H groups in total. The fraction of sp³-hybridized carbons (Fsp3) is 0.130. The summed E-state index contributed by atoms with van der Waals surface area (Å²) < 4.78 is 41.1. The summed E-state index contributed by atoms with van der Waals surface area (Å²) in [7, 11) is 0. The second kappa shape index (κ2) is 8.28. The van der Waals surface area contributed by atoms with Crippen LogP contribution in [-0.4, -0.2) is 26.5 Å². The maximum atomic E-state index is 13.7. The number of benzene rings is 2. The lowest BCUT2D eigenvalue weighted by atomic mass is 10.0. The van der Waals surface area contributed by atoms with E-state index in [9.17, 15) is 13.2 Å². The van der Waals surface area contributed by atoms with Crippen molar-refractivity contribution in [3.63, 3.8) is 0 Å². The third-order valence-corrected chi connectivity index (χ3v) is 5.91. The average molecular weight is 466 g/mol. The summed E-state index contributed by atoms with van der Waals surface area (Å²) in [6.07, 6.45) is -2.96. The fourth-order valence-electron chi connectivity index (χ4n) is 3.59. The summed E-state index contributed by atoms with van der Waals surface area (Å²) in [6, 6.07) is 13.0. The van der Waals surface area contributed by atoms with Gasteiger partial charge in [-0.1, -0.05) is 36.4 Å². The Kier molecular flexibility index (Phi) is 5.29. The normalized spacial score (nSPS) is 13.5. The Morgan fingerprint density at radius 2 is 1.67 bits per heavy atom. The highest BCUT2D eigenvalue weighted by atomic mass is 32.1. The molecule has 10 heteroatoms. The van der Waals surface area contributed by atoms with E-state index in [2.05, 4.69) is 30.6 Å². The van der Waals surface area contributed by atoms with Crippen molar-refractivity contribution in [3.8, 4) is 22.2 Å². The van der Waals surface area contributed by atoms with E-state index in [-0.39, 0.29) is 23.2 Å². The summed E-state index contributed by atoms with van der Waals surface area (Å²) in [4.78, 5) is 17.4. The van der Waals surface area contributed by atoms with Crippen LogP contribution in [0.2, 0.25) is 0 Å². The van der Waals surface area contributed by atoms with Crippen LogP contribution in [0.3, 0.4) is 0 Å². The van der Waals surface area contributed by atoms with Gasteiger partial charge in [0.05, 0.1) is 11.3 Å². The van der Waals surface area contributed by atoms with E-state index in [1.54, 1.807) is 11.6 Å². The Balaban J connectivity index is 1.65. The third kappa shape index (κ3) is 4.17. The molecule has 1 aliphatic rings. The van der Waals surface area contributed by atoms with E-state index in [1.165, 1.54) is 29.5 Å². The summed E-state index contributed by atoms with van der Waals surface area (Å²) in [6.45, 7) is 2.58. The van der Waals surface area contributed by atoms with Gasteiger partial charge in [-0.05, 0) is 24.6 Å². The van der Waals surface area contributed by atoms with Gasteiger partial charge in [0.15, 0.2) is 16.7 Å². The van der Waals surface area contributed by atoms with Gasteiger partial charge in [-0.2, -0.15) is 23.1 Å². The van der Waals surface area contributed by atoms with Gasteiger partial charge in [0, 0.05) is 34.9 Å². The molecule has 0 atom stereocenters. The third-order valence-electron chi connectivity index (χ3n) is 5.14. The lowest BCUT2D eigenvalue weighted by molar-refractivity contribution is -0.137. The Hall–Kier alpha value is -3.79. The minimum absolute atomic E-state index is 0.0777. The van der Waals surface area contributed by atoms with Crippen LogP contribution in [0.15, 0.2) is 65.7 Å². The van der Waals surface area contributed by atoms with Crippen molar-refractivity contribution in [1.29, 1.82) is 0 Å². The zero-order valence-electron chi connectivity index (χ0n) is 17.3. The number of halogens is 3. The van der Waals surface area contributed by atoms with Gasteiger partial charge in [0.1, 0.15) is 0 Å². The second-order valence-electron chi connectivity index (χ2n) is 7.37. The molecule has 3 heterocycles. The molecule has 166 valence electrons. The van der Waals surface area contributed by atoms with E-state index >= 15 is 0 Å². The zero-order chi connectivity index (χ0) is 23.0. The number of nitrogens with zero attached hydrogens (tertiary/aromatic N) is 4. The van der Waals surface area contributed by atoms with Crippen LogP contribution >= 0.6 is 11.3 Å². The van der Waals surface area contributed by atoms with E-state index in [1.807, 2.05) is 31.2 Å². The number of fused-ring (bicyclic) bond motifs is 1. The molecule has 0 amide bonds. The highest BCUT2D eigenvalue weighted by molar-refractivity contribution is 7.13. The molecule has 0 spiro atoms. The topological polar surface area (TPSA) is 75.6 Å². The number of hydrogen-bond donors (Lipinski definition) is 2. The molecule has 0 fully saturated rings. The molecule has 1 aliphatic heterocycles. The van der Waals surface area contributed by atoms with Crippen molar-refractivity contribution < 1.29 is 13.2 Å². The molecule has 5 rings (SSSR count). The Morgan fingerprint density at radius 1 is 0.939 bits per heavy atom. The maximum Gasteiger partial charge on any atom is 0.417 e. The molecule has 2 aromatic heterocycles. The van der Waals surface area contributed by atoms with Crippen LogP contribution in [0, 0.1) is 0 Å². The minimum atomic E-state index is -4.55. The molecule has 0 aliphatic carbocycles. The molecular formula is C23H17F3N6S. The van der Waals surface area contributed by atoms with Crippen molar-refractivity contribution in [1.82, 2.24) is 19.9 Å². The van der Waals surface area contributed by atoms with Crippen LogP contribution in [0.4, 0.5) is 24.8 Å². The summed E-state index contributed by atoms with van der Waals surface area (Å²) in [5.74, 6) is 0.272. The number of alkyl halides is 3. The molecule has 0 saturated carbocycles. The molecule has 6 nitrogen and oxygen atoms in total. The predicted molar refractivity (Wildman–Crippen MR) is 123 cm³/mol. The van der Waals surface area contributed by atoms with E-state index in [0.29, 0.717) is 11.6 Å². The monoisotopic (exact) mass is 466 g/mol. The molecule has 0 radical (unpaired) electrons. The number of hydrogen-bond acceptors (Lipinski definition) is 7. The average Bonchev–Trinajstić information content (AvgIpc) is 3.35. The van der Waals surface area contributed by atoms with Crippen LogP contribution in [0.1, 0.15) is 18.1 Å². The SMILES string of the molecule is CC1=C(Nc2nc(-c3nccs3)nc(-c3ccccc3C(F)(F)F)n2)c2ccccc2NC1. The highest BCUT2D eigenvalue weighted by Crippen LogP contribution is 2.37. The van der Waals surface area contributed by atoms with Gasteiger partial charge in [0.2, 0.25) is 5.95 Å². The minimum Gasteiger partial charge on any atom is -0.381 e. The quantitative estimate of drug-likeness (QED) is 0.387. The number of nitrogens with one attached hydrogen (secondary N) is 2. The first-order valence-electron chi connectivity index (χ1n) is 10.0. The smallest absolute Gasteiger partial charge is 0.381 e. The van der Waals surface area contributed by atoms with Gasteiger partial charge in [-0.3, -0.25) is 0 Å². The molecule has 33 heavy (non-hydrogen) atoms. The zero-order valence-corrected chi connectivity index (χ0v) is 18.1. The fourth-order valence-corrected chi connectivity index (χ4v) is 4.16. The highest BCUT2D eigenvalue weighted by Gasteiger charge is 2.34. The number of rotatable bonds is 4. The number of aromatic nitrogens is 4. The van der Waals surface area contributed by atoms with Crippen LogP contribution in [-0.2, 0) is 6.18 Å². The van der Waals surface area contributed by atoms with Crippen molar-refractivity contribution in [3.05, 3.63) is 76.8 Å². The molecule has 0 unspecified atom stereocenters. The maximum absolute atomic E-state index is 13.7. The van der Waals surface area contributed by atoms with Crippen molar-refractivity contribution in [2.45, 2.75) is 13.1 Å². The van der Waals surface area contributed by atoms with E-state index < -0.39 is 11.7 Å². The summed E-state index contributed by atoms with van der Waals surface area (Å²) in [5.41, 5.74) is 2.76. The molecule has 4 aromatic rings. The van der Waals surface area contributed by atoms with Gasteiger partial charge in [0.25, 0.3) is 0 Å². The van der Waals surface area contributed by atoms with E-state index in [4.69, 9.17) is 0 Å². The largest absolute Gasteiger partial charge is 0.417 e. The van der Waals surface area contributed by atoms with Gasteiger partial charge in [-0.15, -0.1) is 11.3 Å². The molecular weight excluding hydrogens is 449 g/mol. The lowest BCUT2D eigenvalue weighted by Gasteiger charge is -2.23. The standard InChI is InChI=1S/C23H17F3N6S/c1-13-12-28-17-9-5-3-7-15(17)18(13)29-22-31-19(30-20(32-22)21-27-10-11-33-21)14-6-2-4-8-16(14)23(24,25)26/h2-11,28H,12H2,1H3,(H,29,30,31,32). The first-order valence-corrected chi connectivity index (χ1v) is 10.9. The van der Waals surface area contributed by atoms with Crippen LogP contribution in [0.5, 0.6) is 0 Å². The number of thiazole rings is 1. The Morgan fingerprint density at radius 3 is 2.42 bits per heavy atom. The predicted octanol–water partition coefficient (Wildman–Crippen LogP) is 5.95. The molecule has 0 bridgehead atoms. The first-order chi connectivity index (χ1) is 15.9. The molecule has 0 saturated heterocycles. The number of anilines is 2. The molecule has 2 aromatic carbocycles. The summed E-state index contributed by atoms with van der Waals surface area (Å²) >= 11 is 1.30.